The van der Waals surface area contributed by atoms with E-state index < -0.39 is 4.92 Å². The van der Waals surface area contributed by atoms with Crippen LogP contribution in [0.1, 0.15) is 12.5 Å². The third-order valence-corrected chi connectivity index (χ3v) is 4.15. The van der Waals surface area contributed by atoms with Crippen molar-refractivity contribution in [3.05, 3.63) is 38.3 Å². The normalized spacial score (nSPS) is 18.0. The lowest BCUT2D eigenvalue weighted by molar-refractivity contribution is -0.384. The van der Waals surface area contributed by atoms with Crippen molar-refractivity contribution in [2.45, 2.75) is 19.4 Å². The van der Waals surface area contributed by atoms with E-state index in [1.54, 1.807) is 6.07 Å². The van der Waals surface area contributed by atoms with Gasteiger partial charge in [0.05, 0.1) is 11.3 Å². The van der Waals surface area contributed by atoms with Gasteiger partial charge >= 0.3 is 0 Å². The van der Waals surface area contributed by atoms with Crippen molar-refractivity contribution in [2.75, 3.05) is 19.6 Å². The van der Waals surface area contributed by atoms with Gasteiger partial charge in [-0.25, -0.2) is 0 Å². The molecular weight excluding hydrogens is 362 g/mol. The van der Waals surface area contributed by atoms with Gasteiger partial charge < -0.3 is 10.2 Å². The van der Waals surface area contributed by atoms with E-state index in [0.29, 0.717) is 11.0 Å². The Morgan fingerprint density at radius 2 is 2.29 bits per heavy atom. The first-order valence-corrected chi connectivity index (χ1v) is 7.21. The lowest BCUT2D eigenvalue weighted by Crippen LogP contribution is -2.52. The van der Waals surface area contributed by atoms with E-state index in [4.69, 9.17) is 0 Å². The molecule has 0 spiro atoms. The van der Waals surface area contributed by atoms with Crippen molar-refractivity contribution in [3.8, 4) is 0 Å². The first-order valence-electron chi connectivity index (χ1n) is 6.42. The van der Waals surface area contributed by atoms with Gasteiger partial charge in [0, 0.05) is 42.3 Å². The first kappa shape index (κ1) is 17.9. The van der Waals surface area contributed by atoms with Gasteiger partial charge in [0.25, 0.3) is 5.69 Å². The Morgan fingerprint density at radius 3 is 2.86 bits per heavy atom. The van der Waals surface area contributed by atoms with Crippen LogP contribution in [0.4, 0.5) is 5.69 Å². The number of piperazine rings is 1. The van der Waals surface area contributed by atoms with Crippen molar-refractivity contribution < 1.29 is 9.72 Å². The predicted molar refractivity (Wildman–Crippen MR) is 85.8 cm³/mol. The number of nitro groups is 1. The van der Waals surface area contributed by atoms with Crippen LogP contribution >= 0.6 is 28.3 Å². The predicted octanol–water partition coefficient (Wildman–Crippen LogP) is 2.14. The SMILES string of the molecule is CC1CNCCN1C(=O)Cc1ccc([N+](=O)[O-])cc1Br.Cl. The molecule has 1 aromatic rings. The van der Waals surface area contributed by atoms with Gasteiger partial charge in [-0.05, 0) is 12.5 Å². The van der Waals surface area contributed by atoms with Crippen LogP contribution < -0.4 is 5.32 Å². The molecule has 21 heavy (non-hydrogen) atoms. The first-order chi connectivity index (χ1) is 9.49. The van der Waals surface area contributed by atoms with Gasteiger partial charge in [-0.2, -0.15) is 0 Å². The molecule has 1 heterocycles. The van der Waals surface area contributed by atoms with E-state index in [9.17, 15) is 14.9 Å². The molecule has 0 bridgehead atoms. The van der Waals surface area contributed by atoms with Crippen molar-refractivity contribution in [3.63, 3.8) is 0 Å². The number of nitrogens with zero attached hydrogens (tertiary/aromatic N) is 2. The Bertz CT molecular complexity index is 541. The number of non-ortho nitro benzene ring substituents is 1. The van der Waals surface area contributed by atoms with Crippen LogP contribution in [0.5, 0.6) is 0 Å². The number of hydrogen-bond acceptors (Lipinski definition) is 4. The maximum atomic E-state index is 12.3. The number of rotatable bonds is 3. The standard InChI is InChI=1S/C13H16BrN3O3.ClH/c1-9-8-15-4-5-16(9)13(18)6-10-2-3-11(17(19)20)7-12(10)14;/h2-3,7,9,15H,4-6,8H2,1H3;1H. The second-order valence-corrected chi connectivity index (χ2v) is 5.70. The molecule has 116 valence electrons. The van der Waals surface area contributed by atoms with Crippen LogP contribution in [-0.2, 0) is 11.2 Å². The minimum atomic E-state index is -0.450. The Labute approximate surface area is 137 Å². The summed E-state index contributed by atoms with van der Waals surface area (Å²) in [6, 6.07) is 4.67. The van der Waals surface area contributed by atoms with E-state index in [1.165, 1.54) is 12.1 Å². The quantitative estimate of drug-likeness (QED) is 0.646. The smallest absolute Gasteiger partial charge is 0.270 e. The highest BCUT2D eigenvalue weighted by Gasteiger charge is 2.23. The van der Waals surface area contributed by atoms with E-state index in [2.05, 4.69) is 21.2 Å². The van der Waals surface area contributed by atoms with Gasteiger partial charge in [0.15, 0.2) is 0 Å². The molecule has 1 unspecified atom stereocenters. The Morgan fingerprint density at radius 1 is 1.57 bits per heavy atom. The minimum absolute atomic E-state index is 0. The second-order valence-electron chi connectivity index (χ2n) is 4.85. The van der Waals surface area contributed by atoms with E-state index in [-0.39, 0.29) is 36.5 Å². The number of carbonyl (C=O) groups excluding carboxylic acids is 1. The third-order valence-electron chi connectivity index (χ3n) is 3.41. The van der Waals surface area contributed by atoms with Crippen LogP contribution in [0.3, 0.4) is 0 Å². The molecule has 1 amide bonds. The van der Waals surface area contributed by atoms with Crippen LogP contribution in [0.2, 0.25) is 0 Å². The summed E-state index contributed by atoms with van der Waals surface area (Å²) in [6.07, 6.45) is 0.253. The van der Waals surface area contributed by atoms with Gasteiger partial charge in [-0.1, -0.05) is 22.0 Å². The summed E-state index contributed by atoms with van der Waals surface area (Å²) >= 11 is 3.30. The summed E-state index contributed by atoms with van der Waals surface area (Å²) in [5.41, 5.74) is 0.787. The third kappa shape index (κ3) is 4.39. The largest absolute Gasteiger partial charge is 0.337 e. The number of nitro benzene ring substituents is 1. The summed E-state index contributed by atoms with van der Waals surface area (Å²) in [4.78, 5) is 24.4. The topological polar surface area (TPSA) is 75.5 Å². The van der Waals surface area contributed by atoms with Gasteiger partial charge in [-0.15, -0.1) is 12.4 Å². The average molecular weight is 379 g/mol. The molecule has 1 saturated heterocycles. The van der Waals surface area contributed by atoms with Crippen LogP contribution in [0, 0.1) is 10.1 Å². The molecule has 2 rings (SSSR count). The van der Waals surface area contributed by atoms with Crippen molar-refractivity contribution in [1.29, 1.82) is 0 Å². The van der Waals surface area contributed by atoms with Crippen LogP contribution in [0.15, 0.2) is 22.7 Å². The van der Waals surface area contributed by atoms with Crippen LogP contribution in [0.25, 0.3) is 0 Å². The van der Waals surface area contributed by atoms with Gasteiger partial charge in [-0.3, -0.25) is 14.9 Å². The molecule has 1 atom stereocenters. The van der Waals surface area contributed by atoms with E-state index >= 15 is 0 Å². The fraction of sp³-hybridized carbons (Fsp3) is 0.462. The van der Waals surface area contributed by atoms with Gasteiger partial charge in [0.2, 0.25) is 5.91 Å². The zero-order chi connectivity index (χ0) is 14.7. The zero-order valence-corrected chi connectivity index (χ0v) is 13.9. The fourth-order valence-electron chi connectivity index (χ4n) is 2.27. The number of amides is 1. The Hall–Kier alpha value is -1.18. The molecule has 0 aromatic heterocycles. The Kier molecular flexibility index (Phi) is 6.57. The van der Waals surface area contributed by atoms with Gasteiger partial charge in [0.1, 0.15) is 0 Å². The van der Waals surface area contributed by atoms with Crippen molar-refractivity contribution in [2.24, 2.45) is 0 Å². The summed E-state index contributed by atoms with van der Waals surface area (Å²) in [7, 11) is 0. The van der Waals surface area contributed by atoms with Crippen molar-refractivity contribution in [1.82, 2.24) is 10.2 Å². The summed E-state index contributed by atoms with van der Waals surface area (Å²) in [5.74, 6) is 0.0496. The number of benzene rings is 1. The monoisotopic (exact) mass is 377 g/mol. The maximum Gasteiger partial charge on any atom is 0.270 e. The maximum absolute atomic E-state index is 12.3. The molecule has 1 aliphatic rings. The number of hydrogen-bond donors (Lipinski definition) is 1. The number of nitrogens with one attached hydrogen (secondary N) is 1. The van der Waals surface area contributed by atoms with E-state index in [0.717, 1.165) is 18.7 Å². The number of halogens is 2. The van der Waals surface area contributed by atoms with Crippen molar-refractivity contribution >= 4 is 39.9 Å². The highest BCUT2D eigenvalue weighted by Crippen LogP contribution is 2.24. The molecule has 0 aliphatic carbocycles. The molecule has 1 aromatic carbocycles. The second kappa shape index (κ2) is 7.72. The van der Waals surface area contributed by atoms with E-state index in [1.807, 2.05) is 11.8 Å². The summed E-state index contributed by atoms with van der Waals surface area (Å²) < 4.78 is 0.600. The Balaban J connectivity index is 0.00000220. The molecule has 1 aliphatic heterocycles. The molecule has 6 nitrogen and oxygen atoms in total. The lowest BCUT2D eigenvalue weighted by atomic mass is 10.1. The lowest BCUT2D eigenvalue weighted by Gasteiger charge is -2.34. The minimum Gasteiger partial charge on any atom is -0.337 e. The average Bonchev–Trinajstić information content (AvgIpc) is 2.41. The molecule has 0 saturated carbocycles. The number of carbonyl (C=O) groups is 1. The summed E-state index contributed by atoms with van der Waals surface area (Å²) in [5, 5.41) is 13.9. The molecule has 1 fully saturated rings. The highest BCUT2D eigenvalue weighted by atomic mass is 79.9. The summed E-state index contributed by atoms with van der Waals surface area (Å²) in [6.45, 7) is 4.31. The zero-order valence-electron chi connectivity index (χ0n) is 11.5. The molecule has 0 radical (unpaired) electrons. The molecule has 1 N–H and O–H groups in total. The molecule has 8 heteroatoms. The highest BCUT2D eigenvalue weighted by molar-refractivity contribution is 9.10. The molecular formula is C13H17BrClN3O3. The fourth-order valence-corrected chi connectivity index (χ4v) is 2.78. The van der Waals surface area contributed by atoms with Crippen LogP contribution in [-0.4, -0.2) is 41.4 Å².